The molecule has 0 aliphatic heterocycles. The molecule has 1 aromatic carbocycles. The van der Waals surface area contributed by atoms with Gasteiger partial charge in [0.2, 0.25) is 0 Å². The van der Waals surface area contributed by atoms with E-state index < -0.39 is 0 Å². The molecule has 2 heterocycles. The summed E-state index contributed by atoms with van der Waals surface area (Å²) in [6, 6.07) is 8.86. The minimum atomic E-state index is -0.243. The molecule has 9 nitrogen and oxygen atoms in total. The number of hydrogen-bond donors (Lipinski definition) is 2. The zero-order valence-electron chi connectivity index (χ0n) is 16.0. The predicted octanol–water partition coefficient (Wildman–Crippen LogP) is 1.83. The number of carbonyl (C=O) groups is 1. The van der Waals surface area contributed by atoms with Gasteiger partial charge >= 0.3 is 0 Å². The molecule has 0 atom stereocenters. The van der Waals surface area contributed by atoms with E-state index in [1.54, 1.807) is 28.9 Å². The predicted molar refractivity (Wildman–Crippen MR) is 104 cm³/mol. The Labute approximate surface area is 162 Å². The molecular weight excluding hydrogens is 360 g/mol. The molecule has 0 radical (unpaired) electrons. The molecule has 2 aromatic heterocycles. The Morgan fingerprint density at radius 3 is 2.71 bits per heavy atom. The van der Waals surface area contributed by atoms with Crippen molar-refractivity contribution < 1.29 is 14.3 Å². The molecule has 0 saturated carbocycles. The number of methoxy groups -OCH3 is 2. The number of aromatic nitrogens is 4. The summed E-state index contributed by atoms with van der Waals surface area (Å²) >= 11 is 0. The Hall–Kier alpha value is -3.62. The fraction of sp³-hybridized carbons (Fsp3) is 0.263. The van der Waals surface area contributed by atoms with E-state index in [9.17, 15) is 4.79 Å². The number of amides is 1. The van der Waals surface area contributed by atoms with Gasteiger partial charge < -0.3 is 20.1 Å². The molecule has 0 aliphatic carbocycles. The lowest BCUT2D eigenvalue weighted by Crippen LogP contribution is -2.29. The van der Waals surface area contributed by atoms with Gasteiger partial charge in [0.15, 0.2) is 17.3 Å². The zero-order valence-corrected chi connectivity index (χ0v) is 16.0. The highest BCUT2D eigenvalue weighted by Crippen LogP contribution is 2.30. The highest BCUT2D eigenvalue weighted by molar-refractivity contribution is 5.97. The number of nitrogens with zero attached hydrogens (tertiary/aromatic N) is 4. The lowest BCUT2D eigenvalue weighted by Gasteiger charge is -2.13. The van der Waals surface area contributed by atoms with Crippen LogP contribution in [0.2, 0.25) is 0 Å². The van der Waals surface area contributed by atoms with Crippen LogP contribution in [0.1, 0.15) is 16.1 Å². The maximum absolute atomic E-state index is 12.4. The zero-order chi connectivity index (χ0) is 19.9. The molecule has 3 aromatic rings. The molecule has 0 spiro atoms. The highest BCUT2D eigenvalue weighted by atomic mass is 16.5. The standard InChI is InChI=1S/C19H22N6O3/c1-13-7-10-25(24-13)17-11-16(22-12-23-17)20-8-9-21-19(26)14-5-4-6-15(27-2)18(14)28-3/h4-7,10-12H,8-9H2,1-3H3,(H,21,26)(H,20,22,23). The normalized spacial score (nSPS) is 10.4. The Morgan fingerprint density at radius 2 is 2.00 bits per heavy atom. The molecule has 0 unspecified atom stereocenters. The van der Waals surface area contributed by atoms with E-state index in [4.69, 9.17) is 9.47 Å². The lowest BCUT2D eigenvalue weighted by atomic mass is 10.1. The summed E-state index contributed by atoms with van der Waals surface area (Å²) < 4.78 is 12.2. The molecule has 3 rings (SSSR count). The van der Waals surface area contributed by atoms with Gasteiger partial charge in [0.25, 0.3) is 5.91 Å². The van der Waals surface area contributed by atoms with Crippen molar-refractivity contribution in [2.45, 2.75) is 6.92 Å². The van der Waals surface area contributed by atoms with E-state index in [2.05, 4.69) is 25.7 Å². The fourth-order valence-corrected chi connectivity index (χ4v) is 2.64. The van der Waals surface area contributed by atoms with Crippen LogP contribution < -0.4 is 20.1 Å². The number of anilines is 1. The molecule has 0 aliphatic rings. The first-order valence-electron chi connectivity index (χ1n) is 8.70. The summed E-state index contributed by atoms with van der Waals surface area (Å²) in [7, 11) is 3.04. The molecule has 2 N–H and O–H groups in total. The maximum Gasteiger partial charge on any atom is 0.255 e. The Bertz CT molecular complexity index is 956. The van der Waals surface area contributed by atoms with Crippen LogP contribution in [0.4, 0.5) is 5.82 Å². The smallest absolute Gasteiger partial charge is 0.255 e. The molecule has 0 fully saturated rings. The third-order valence-corrected chi connectivity index (χ3v) is 3.97. The van der Waals surface area contributed by atoms with Crippen LogP contribution in [0.3, 0.4) is 0 Å². The third-order valence-electron chi connectivity index (χ3n) is 3.97. The van der Waals surface area contributed by atoms with E-state index in [1.165, 1.54) is 20.5 Å². The lowest BCUT2D eigenvalue weighted by molar-refractivity contribution is 0.0951. The molecule has 146 valence electrons. The van der Waals surface area contributed by atoms with E-state index in [0.29, 0.717) is 41.8 Å². The van der Waals surface area contributed by atoms with Gasteiger partial charge in [-0.2, -0.15) is 5.10 Å². The summed E-state index contributed by atoms with van der Waals surface area (Å²) in [6.45, 7) is 2.81. The van der Waals surface area contributed by atoms with Crippen molar-refractivity contribution in [3.63, 3.8) is 0 Å². The highest BCUT2D eigenvalue weighted by Gasteiger charge is 2.15. The summed E-state index contributed by atoms with van der Waals surface area (Å²) in [5.41, 5.74) is 1.32. The second kappa shape index (κ2) is 8.85. The Kier molecular flexibility index (Phi) is 6.05. The number of ether oxygens (including phenoxy) is 2. The number of para-hydroxylation sites is 1. The van der Waals surface area contributed by atoms with Gasteiger partial charge in [-0.3, -0.25) is 4.79 Å². The Balaban J connectivity index is 1.56. The first-order chi connectivity index (χ1) is 13.6. The van der Waals surface area contributed by atoms with E-state index in [-0.39, 0.29) is 5.91 Å². The average Bonchev–Trinajstić information content (AvgIpc) is 3.17. The largest absolute Gasteiger partial charge is 0.493 e. The minimum absolute atomic E-state index is 0.243. The first kappa shape index (κ1) is 19.2. The number of hydrogen-bond acceptors (Lipinski definition) is 7. The summed E-state index contributed by atoms with van der Waals surface area (Å²) in [5.74, 6) is 1.98. The maximum atomic E-state index is 12.4. The molecule has 0 bridgehead atoms. The van der Waals surface area contributed by atoms with Gasteiger partial charge in [-0.25, -0.2) is 14.6 Å². The third kappa shape index (κ3) is 4.37. The van der Waals surface area contributed by atoms with Crippen molar-refractivity contribution in [1.82, 2.24) is 25.1 Å². The number of rotatable bonds is 8. The average molecular weight is 382 g/mol. The summed E-state index contributed by atoms with van der Waals surface area (Å²) in [4.78, 5) is 20.8. The first-order valence-corrected chi connectivity index (χ1v) is 8.70. The van der Waals surface area contributed by atoms with Crippen molar-refractivity contribution in [3.05, 3.63) is 54.1 Å². The number of carbonyl (C=O) groups excluding carboxylic acids is 1. The van der Waals surface area contributed by atoms with Crippen molar-refractivity contribution >= 4 is 11.7 Å². The molecule has 1 amide bonds. The number of nitrogens with one attached hydrogen (secondary N) is 2. The van der Waals surface area contributed by atoms with Gasteiger partial charge in [-0.05, 0) is 25.1 Å². The second-order valence-corrected chi connectivity index (χ2v) is 5.89. The molecule has 0 saturated heterocycles. The van der Waals surface area contributed by atoms with Crippen LogP contribution >= 0.6 is 0 Å². The van der Waals surface area contributed by atoms with Crippen LogP contribution in [-0.4, -0.2) is 53.0 Å². The van der Waals surface area contributed by atoms with Crippen molar-refractivity contribution in [2.75, 3.05) is 32.6 Å². The quantitative estimate of drug-likeness (QED) is 0.573. The van der Waals surface area contributed by atoms with Gasteiger partial charge in [0.05, 0.1) is 25.5 Å². The van der Waals surface area contributed by atoms with E-state index in [1.807, 2.05) is 19.2 Å². The van der Waals surface area contributed by atoms with E-state index in [0.717, 1.165) is 5.69 Å². The van der Waals surface area contributed by atoms with Crippen LogP contribution in [0, 0.1) is 6.92 Å². The van der Waals surface area contributed by atoms with Gasteiger partial charge in [-0.1, -0.05) is 6.07 Å². The van der Waals surface area contributed by atoms with Crippen LogP contribution in [-0.2, 0) is 0 Å². The summed E-state index contributed by atoms with van der Waals surface area (Å²) in [5, 5.41) is 10.3. The minimum Gasteiger partial charge on any atom is -0.493 e. The van der Waals surface area contributed by atoms with Crippen molar-refractivity contribution in [1.29, 1.82) is 0 Å². The topological polar surface area (TPSA) is 103 Å². The number of benzene rings is 1. The van der Waals surface area contributed by atoms with Crippen molar-refractivity contribution in [2.24, 2.45) is 0 Å². The van der Waals surface area contributed by atoms with Gasteiger partial charge in [0.1, 0.15) is 12.1 Å². The van der Waals surface area contributed by atoms with Gasteiger partial charge in [-0.15, -0.1) is 0 Å². The van der Waals surface area contributed by atoms with E-state index >= 15 is 0 Å². The SMILES string of the molecule is COc1cccc(C(=O)NCCNc2cc(-n3ccc(C)n3)ncn2)c1OC. The van der Waals surface area contributed by atoms with Crippen LogP contribution in [0.15, 0.2) is 42.9 Å². The van der Waals surface area contributed by atoms with Crippen LogP contribution in [0.5, 0.6) is 11.5 Å². The molecule has 9 heteroatoms. The monoisotopic (exact) mass is 382 g/mol. The molecular formula is C19H22N6O3. The number of aryl methyl sites for hydroxylation is 1. The van der Waals surface area contributed by atoms with Crippen LogP contribution in [0.25, 0.3) is 5.82 Å². The molecule has 28 heavy (non-hydrogen) atoms. The summed E-state index contributed by atoms with van der Waals surface area (Å²) in [6.07, 6.45) is 3.30. The fourth-order valence-electron chi connectivity index (χ4n) is 2.64. The van der Waals surface area contributed by atoms with Gasteiger partial charge in [0, 0.05) is 25.4 Å². The van der Waals surface area contributed by atoms with Crippen molar-refractivity contribution in [3.8, 4) is 17.3 Å². The Morgan fingerprint density at radius 1 is 1.14 bits per heavy atom. The second-order valence-electron chi connectivity index (χ2n) is 5.89.